The predicted molar refractivity (Wildman–Crippen MR) is 117 cm³/mol. The molecule has 168 valence electrons. The van der Waals surface area contributed by atoms with E-state index < -0.39 is 5.60 Å². The van der Waals surface area contributed by atoms with Crippen LogP contribution in [0.15, 0.2) is 35.3 Å². The second kappa shape index (κ2) is 9.47. The number of rotatable bonds is 5. The molecule has 0 unspecified atom stereocenters. The highest BCUT2D eigenvalue weighted by atomic mass is 19.1. The lowest BCUT2D eigenvalue weighted by Gasteiger charge is -2.36. The number of carbonyl (C=O) groups is 1. The molecular weight excluding hydrogens is 401 g/mol. The fourth-order valence-corrected chi connectivity index (χ4v) is 3.36. The van der Waals surface area contributed by atoms with Gasteiger partial charge in [0.05, 0.1) is 5.69 Å². The van der Waals surface area contributed by atoms with Crippen LogP contribution in [0, 0.1) is 5.82 Å². The van der Waals surface area contributed by atoms with E-state index in [9.17, 15) is 14.0 Å². The summed E-state index contributed by atoms with van der Waals surface area (Å²) in [6, 6.07) is 5.77. The molecule has 8 nitrogen and oxygen atoms in total. The van der Waals surface area contributed by atoms with E-state index in [0.29, 0.717) is 50.6 Å². The van der Waals surface area contributed by atoms with Gasteiger partial charge in [-0.3, -0.25) is 9.36 Å². The smallest absolute Gasteiger partial charge is 0.410 e. The van der Waals surface area contributed by atoms with Crippen LogP contribution in [-0.4, -0.2) is 58.9 Å². The zero-order chi connectivity index (χ0) is 22.6. The minimum Gasteiger partial charge on any atom is -0.444 e. The molecule has 0 bridgehead atoms. The molecule has 31 heavy (non-hydrogen) atoms. The Labute approximate surface area is 181 Å². The lowest BCUT2D eigenvalue weighted by atomic mass is 10.2. The molecule has 1 aromatic carbocycles. The Bertz CT molecular complexity index is 961. The van der Waals surface area contributed by atoms with Crippen molar-refractivity contribution < 1.29 is 13.9 Å². The van der Waals surface area contributed by atoms with Crippen LogP contribution < -0.4 is 16.2 Å². The van der Waals surface area contributed by atoms with Crippen LogP contribution >= 0.6 is 0 Å². The van der Waals surface area contributed by atoms with E-state index >= 15 is 0 Å². The topological polar surface area (TPSA) is 93.7 Å². The van der Waals surface area contributed by atoms with Gasteiger partial charge in [0.15, 0.2) is 5.82 Å². The highest BCUT2D eigenvalue weighted by molar-refractivity contribution is 5.68. The second-order valence-corrected chi connectivity index (χ2v) is 8.55. The van der Waals surface area contributed by atoms with Crippen LogP contribution in [0.1, 0.15) is 32.9 Å². The summed E-state index contributed by atoms with van der Waals surface area (Å²) in [5.74, 6) is -0.0459. The largest absolute Gasteiger partial charge is 0.444 e. The van der Waals surface area contributed by atoms with Crippen LogP contribution in [0.4, 0.5) is 15.0 Å². The van der Waals surface area contributed by atoms with Crippen LogP contribution in [0.2, 0.25) is 0 Å². The number of hydrogen-bond acceptors (Lipinski definition) is 6. The van der Waals surface area contributed by atoms with Gasteiger partial charge >= 0.3 is 6.09 Å². The van der Waals surface area contributed by atoms with Gasteiger partial charge in [0.25, 0.3) is 5.56 Å². The number of nitrogens with two attached hydrogens (primary N) is 1. The van der Waals surface area contributed by atoms with E-state index in [0.717, 1.165) is 12.1 Å². The van der Waals surface area contributed by atoms with E-state index in [-0.39, 0.29) is 17.5 Å². The molecule has 0 atom stereocenters. The number of anilines is 1. The number of benzene rings is 1. The first-order valence-electron chi connectivity index (χ1n) is 10.5. The standard InChI is InChI=1S/C22H30FN5O3/c1-22(2,3)31-21(30)27-13-11-26(12-14-27)19-20(29)28(15-17(25-19)5-4-10-24)18-8-6-16(23)7-9-18/h6-9,15H,4-5,10-14,24H2,1-3H3. The van der Waals surface area contributed by atoms with E-state index in [1.54, 1.807) is 23.2 Å². The average Bonchev–Trinajstić information content (AvgIpc) is 2.72. The minimum atomic E-state index is -0.560. The molecular formula is C22H30FN5O3. The monoisotopic (exact) mass is 431 g/mol. The number of nitrogens with zero attached hydrogens (tertiary/aromatic N) is 4. The summed E-state index contributed by atoms with van der Waals surface area (Å²) < 4.78 is 20.3. The van der Waals surface area contributed by atoms with Gasteiger partial charge in [0.1, 0.15) is 11.4 Å². The lowest BCUT2D eigenvalue weighted by molar-refractivity contribution is 0.0240. The number of hydrogen-bond donors (Lipinski definition) is 1. The van der Waals surface area contributed by atoms with Gasteiger partial charge in [0.2, 0.25) is 0 Å². The molecule has 0 saturated carbocycles. The molecule has 2 heterocycles. The number of carbonyl (C=O) groups excluding carboxylic acids is 1. The lowest BCUT2D eigenvalue weighted by Crippen LogP contribution is -2.51. The first-order valence-corrected chi connectivity index (χ1v) is 10.5. The van der Waals surface area contributed by atoms with Gasteiger partial charge in [-0.25, -0.2) is 14.2 Å². The van der Waals surface area contributed by atoms with Gasteiger partial charge in [-0.05, 0) is 64.4 Å². The summed E-state index contributed by atoms with van der Waals surface area (Å²) >= 11 is 0. The Hall–Kier alpha value is -2.94. The molecule has 1 fully saturated rings. The fraction of sp³-hybridized carbons (Fsp3) is 0.500. The summed E-state index contributed by atoms with van der Waals surface area (Å²) in [5.41, 5.74) is 6.10. The molecule has 9 heteroatoms. The molecule has 2 aromatic rings. The van der Waals surface area contributed by atoms with Gasteiger partial charge < -0.3 is 20.3 Å². The second-order valence-electron chi connectivity index (χ2n) is 8.55. The van der Waals surface area contributed by atoms with Crippen molar-refractivity contribution in [2.75, 3.05) is 37.6 Å². The highest BCUT2D eigenvalue weighted by Gasteiger charge is 2.28. The molecule has 0 spiro atoms. The third kappa shape index (κ3) is 5.81. The maximum absolute atomic E-state index is 13.4. The van der Waals surface area contributed by atoms with E-state index in [1.165, 1.54) is 16.7 Å². The molecule has 1 aliphatic rings. The number of amides is 1. The molecule has 2 N–H and O–H groups in total. The number of piperazine rings is 1. The van der Waals surface area contributed by atoms with Crippen LogP contribution in [0.5, 0.6) is 0 Å². The number of halogens is 1. The Morgan fingerprint density at radius 2 is 1.81 bits per heavy atom. The normalized spacial score (nSPS) is 14.6. The summed E-state index contributed by atoms with van der Waals surface area (Å²) in [5, 5.41) is 0. The molecule has 0 aliphatic carbocycles. The predicted octanol–water partition coefficient (Wildman–Crippen LogP) is 2.32. The maximum atomic E-state index is 13.4. The van der Waals surface area contributed by atoms with Crippen molar-refractivity contribution in [3.63, 3.8) is 0 Å². The fourth-order valence-electron chi connectivity index (χ4n) is 3.36. The first kappa shape index (κ1) is 22.7. The van der Waals surface area contributed by atoms with Crippen molar-refractivity contribution in [1.29, 1.82) is 0 Å². The van der Waals surface area contributed by atoms with Crippen molar-refractivity contribution >= 4 is 11.9 Å². The van der Waals surface area contributed by atoms with Crippen molar-refractivity contribution in [1.82, 2.24) is 14.5 Å². The number of aryl methyl sites for hydroxylation is 1. The van der Waals surface area contributed by atoms with Crippen LogP contribution in [0.25, 0.3) is 5.69 Å². The zero-order valence-electron chi connectivity index (χ0n) is 18.3. The molecule has 0 radical (unpaired) electrons. The van der Waals surface area contributed by atoms with Crippen LogP contribution in [0.3, 0.4) is 0 Å². The van der Waals surface area contributed by atoms with Crippen molar-refractivity contribution in [3.8, 4) is 5.69 Å². The minimum absolute atomic E-state index is 0.283. The van der Waals surface area contributed by atoms with Crippen molar-refractivity contribution in [2.24, 2.45) is 5.73 Å². The highest BCUT2D eigenvalue weighted by Crippen LogP contribution is 2.16. The Balaban J connectivity index is 1.85. The average molecular weight is 432 g/mol. The molecule has 1 aliphatic heterocycles. The number of ether oxygens (including phenoxy) is 1. The van der Waals surface area contributed by atoms with Gasteiger partial charge in [0, 0.05) is 38.1 Å². The third-order valence-electron chi connectivity index (χ3n) is 4.91. The first-order chi connectivity index (χ1) is 14.7. The van der Waals surface area contributed by atoms with Gasteiger partial charge in [-0.2, -0.15) is 0 Å². The van der Waals surface area contributed by atoms with E-state index in [4.69, 9.17) is 10.5 Å². The maximum Gasteiger partial charge on any atom is 0.410 e. The summed E-state index contributed by atoms with van der Waals surface area (Å²) in [7, 11) is 0. The van der Waals surface area contributed by atoms with E-state index in [1.807, 2.05) is 25.7 Å². The summed E-state index contributed by atoms with van der Waals surface area (Å²) in [6.07, 6.45) is 2.69. The third-order valence-corrected chi connectivity index (χ3v) is 4.91. The quantitative estimate of drug-likeness (QED) is 0.781. The molecule has 1 aromatic heterocycles. The number of aromatic nitrogens is 2. The zero-order valence-corrected chi connectivity index (χ0v) is 18.3. The molecule has 1 amide bonds. The van der Waals surface area contributed by atoms with Crippen molar-refractivity contribution in [2.45, 2.75) is 39.2 Å². The Morgan fingerprint density at radius 3 is 2.39 bits per heavy atom. The molecule has 3 rings (SSSR count). The van der Waals surface area contributed by atoms with E-state index in [2.05, 4.69) is 4.98 Å². The molecule has 1 saturated heterocycles. The Morgan fingerprint density at radius 1 is 1.16 bits per heavy atom. The Kier molecular flexibility index (Phi) is 6.94. The SMILES string of the molecule is CC(C)(C)OC(=O)N1CCN(c2nc(CCCN)cn(-c3ccc(F)cc3)c2=O)CC1. The van der Waals surface area contributed by atoms with Gasteiger partial charge in [-0.1, -0.05) is 0 Å². The van der Waals surface area contributed by atoms with Crippen molar-refractivity contribution in [3.05, 3.63) is 52.3 Å². The van der Waals surface area contributed by atoms with Crippen LogP contribution in [-0.2, 0) is 11.2 Å². The van der Waals surface area contributed by atoms with Gasteiger partial charge in [-0.15, -0.1) is 0 Å². The summed E-state index contributed by atoms with van der Waals surface area (Å²) in [4.78, 5) is 33.7. The summed E-state index contributed by atoms with van der Waals surface area (Å²) in [6.45, 7) is 7.79.